The van der Waals surface area contributed by atoms with Crippen LogP contribution in [-0.4, -0.2) is 24.3 Å². The van der Waals surface area contributed by atoms with Gasteiger partial charge in [-0.1, -0.05) is 5.57 Å². The molecule has 1 N–H and O–H groups in total. The molecule has 3 nitrogen and oxygen atoms in total. The number of rotatable bonds is 2. The van der Waals surface area contributed by atoms with E-state index in [2.05, 4.69) is 0 Å². The van der Waals surface area contributed by atoms with Gasteiger partial charge < -0.3 is 9.84 Å². The third kappa shape index (κ3) is 2.35. The van der Waals surface area contributed by atoms with Crippen LogP contribution in [0.4, 0.5) is 0 Å². The summed E-state index contributed by atoms with van der Waals surface area (Å²) in [7, 11) is 0. The predicted octanol–water partition coefficient (Wildman–Crippen LogP) is 1.05. The van der Waals surface area contributed by atoms with Crippen LogP contribution in [0.25, 0.3) is 0 Å². The van der Waals surface area contributed by atoms with Crippen molar-refractivity contribution in [1.82, 2.24) is 0 Å². The predicted molar refractivity (Wildman–Crippen MR) is 40.3 cm³/mol. The molecule has 0 aliphatic carbocycles. The van der Waals surface area contributed by atoms with E-state index in [-0.39, 0.29) is 0 Å². The third-order valence-corrected chi connectivity index (χ3v) is 1.92. The lowest BCUT2D eigenvalue weighted by molar-refractivity contribution is -0.131. The van der Waals surface area contributed by atoms with Crippen LogP contribution in [0.5, 0.6) is 0 Å². The zero-order valence-electron chi connectivity index (χ0n) is 6.54. The Kier molecular flexibility index (Phi) is 2.65. The van der Waals surface area contributed by atoms with Crippen molar-refractivity contribution in [2.75, 3.05) is 13.2 Å². The van der Waals surface area contributed by atoms with Crippen molar-refractivity contribution in [2.24, 2.45) is 5.92 Å². The van der Waals surface area contributed by atoms with Gasteiger partial charge in [-0.15, -0.1) is 0 Å². The molecule has 1 unspecified atom stereocenters. The molecule has 0 aromatic heterocycles. The second-order valence-electron chi connectivity index (χ2n) is 2.79. The van der Waals surface area contributed by atoms with Gasteiger partial charge in [0.2, 0.25) is 0 Å². The smallest absolute Gasteiger partial charge is 0.328 e. The summed E-state index contributed by atoms with van der Waals surface area (Å²) in [6, 6.07) is 0. The first-order valence-corrected chi connectivity index (χ1v) is 3.69. The zero-order chi connectivity index (χ0) is 8.27. The van der Waals surface area contributed by atoms with Crippen LogP contribution in [0.15, 0.2) is 11.6 Å². The number of hydrogen-bond donors (Lipinski definition) is 1. The Bertz CT molecular complexity index is 178. The summed E-state index contributed by atoms with van der Waals surface area (Å²) < 4.78 is 5.13. The highest BCUT2D eigenvalue weighted by Crippen LogP contribution is 2.20. The average molecular weight is 156 g/mol. The average Bonchev–Trinajstić information content (AvgIpc) is 2.35. The van der Waals surface area contributed by atoms with E-state index in [1.165, 1.54) is 6.08 Å². The molecular formula is C8H12O3. The first kappa shape index (κ1) is 8.27. The second-order valence-corrected chi connectivity index (χ2v) is 2.79. The normalized spacial score (nSPS) is 25.5. The number of carbonyl (C=O) groups is 1. The van der Waals surface area contributed by atoms with E-state index in [4.69, 9.17) is 9.84 Å². The number of aliphatic carboxylic acids is 1. The van der Waals surface area contributed by atoms with Crippen LogP contribution < -0.4 is 0 Å². The van der Waals surface area contributed by atoms with Gasteiger partial charge in [0.05, 0.1) is 6.61 Å². The fourth-order valence-electron chi connectivity index (χ4n) is 1.21. The van der Waals surface area contributed by atoms with Crippen LogP contribution in [-0.2, 0) is 9.53 Å². The van der Waals surface area contributed by atoms with Crippen molar-refractivity contribution < 1.29 is 14.6 Å². The molecule has 1 aliphatic heterocycles. The molecule has 1 heterocycles. The van der Waals surface area contributed by atoms with E-state index in [0.717, 1.165) is 18.6 Å². The van der Waals surface area contributed by atoms with Crippen molar-refractivity contribution in [3.05, 3.63) is 11.6 Å². The lowest BCUT2D eigenvalue weighted by Gasteiger charge is -2.05. The summed E-state index contributed by atoms with van der Waals surface area (Å²) in [6.45, 7) is 3.28. The van der Waals surface area contributed by atoms with Crippen LogP contribution >= 0.6 is 0 Å². The molecule has 1 fully saturated rings. The van der Waals surface area contributed by atoms with Gasteiger partial charge in [0.1, 0.15) is 0 Å². The summed E-state index contributed by atoms with van der Waals surface area (Å²) in [5, 5.41) is 8.43. The van der Waals surface area contributed by atoms with Crippen molar-refractivity contribution in [2.45, 2.75) is 13.3 Å². The molecule has 3 heteroatoms. The minimum atomic E-state index is -0.866. The van der Waals surface area contributed by atoms with Crippen molar-refractivity contribution in [3.63, 3.8) is 0 Å². The van der Waals surface area contributed by atoms with Crippen molar-refractivity contribution in [1.29, 1.82) is 0 Å². The second kappa shape index (κ2) is 3.53. The lowest BCUT2D eigenvalue weighted by Crippen LogP contribution is -2.03. The molecule has 0 amide bonds. The van der Waals surface area contributed by atoms with Crippen LogP contribution in [0, 0.1) is 5.92 Å². The van der Waals surface area contributed by atoms with E-state index >= 15 is 0 Å². The number of carboxylic acid groups (broad SMARTS) is 1. The molecule has 0 radical (unpaired) electrons. The molecule has 62 valence electrons. The van der Waals surface area contributed by atoms with Crippen molar-refractivity contribution >= 4 is 5.97 Å². The number of hydrogen-bond acceptors (Lipinski definition) is 2. The third-order valence-electron chi connectivity index (χ3n) is 1.92. The van der Waals surface area contributed by atoms with Gasteiger partial charge in [0.15, 0.2) is 0 Å². The van der Waals surface area contributed by atoms with E-state index in [0.29, 0.717) is 12.5 Å². The summed E-state index contributed by atoms with van der Waals surface area (Å²) in [6.07, 6.45) is 2.22. The SMILES string of the molecule is CC(=CC(=O)O)C1CCOC1. The van der Waals surface area contributed by atoms with E-state index in [1.807, 2.05) is 6.92 Å². The summed E-state index contributed by atoms with van der Waals surface area (Å²) >= 11 is 0. The maximum Gasteiger partial charge on any atom is 0.328 e. The Hall–Kier alpha value is -0.830. The Morgan fingerprint density at radius 3 is 2.91 bits per heavy atom. The maximum atomic E-state index is 10.2. The molecule has 0 aromatic carbocycles. The van der Waals surface area contributed by atoms with Gasteiger partial charge in [-0.25, -0.2) is 4.79 Å². The standard InChI is InChI=1S/C8H12O3/c1-6(4-8(9)10)7-2-3-11-5-7/h4,7H,2-3,5H2,1H3,(H,9,10). The molecule has 1 atom stereocenters. The Morgan fingerprint density at radius 2 is 2.45 bits per heavy atom. The Balaban J connectivity index is 2.51. The van der Waals surface area contributed by atoms with Gasteiger partial charge in [0.25, 0.3) is 0 Å². The van der Waals surface area contributed by atoms with Gasteiger partial charge >= 0.3 is 5.97 Å². The number of carboxylic acids is 1. The monoisotopic (exact) mass is 156 g/mol. The zero-order valence-corrected chi connectivity index (χ0v) is 6.54. The summed E-state index contributed by atoms with van der Waals surface area (Å²) in [5.41, 5.74) is 0.912. The molecule has 0 bridgehead atoms. The highest BCUT2D eigenvalue weighted by molar-refractivity contribution is 5.80. The van der Waals surface area contributed by atoms with E-state index in [1.54, 1.807) is 0 Å². The first-order valence-electron chi connectivity index (χ1n) is 3.69. The van der Waals surface area contributed by atoms with Gasteiger partial charge in [0, 0.05) is 18.6 Å². The van der Waals surface area contributed by atoms with E-state index in [9.17, 15) is 4.79 Å². The Labute approximate surface area is 65.7 Å². The number of ether oxygens (including phenoxy) is 1. The molecule has 11 heavy (non-hydrogen) atoms. The highest BCUT2D eigenvalue weighted by Gasteiger charge is 2.17. The Morgan fingerprint density at radius 1 is 1.73 bits per heavy atom. The van der Waals surface area contributed by atoms with Gasteiger partial charge in [-0.05, 0) is 13.3 Å². The molecule has 0 spiro atoms. The molecule has 1 saturated heterocycles. The highest BCUT2D eigenvalue weighted by atomic mass is 16.5. The summed E-state index contributed by atoms with van der Waals surface area (Å²) in [5.74, 6) is -0.541. The van der Waals surface area contributed by atoms with Crippen LogP contribution in [0.2, 0.25) is 0 Å². The summed E-state index contributed by atoms with van der Waals surface area (Å²) in [4.78, 5) is 10.2. The quantitative estimate of drug-likeness (QED) is 0.608. The first-order chi connectivity index (χ1) is 5.20. The van der Waals surface area contributed by atoms with Gasteiger partial charge in [-0.2, -0.15) is 0 Å². The molecular weight excluding hydrogens is 144 g/mol. The molecule has 1 rings (SSSR count). The maximum absolute atomic E-state index is 10.2. The lowest BCUT2D eigenvalue weighted by atomic mass is 10.00. The van der Waals surface area contributed by atoms with Crippen molar-refractivity contribution in [3.8, 4) is 0 Å². The van der Waals surface area contributed by atoms with Crippen LogP contribution in [0.1, 0.15) is 13.3 Å². The minimum Gasteiger partial charge on any atom is -0.478 e. The molecule has 0 aromatic rings. The van der Waals surface area contributed by atoms with E-state index < -0.39 is 5.97 Å². The fraction of sp³-hybridized carbons (Fsp3) is 0.625. The topological polar surface area (TPSA) is 46.5 Å². The molecule has 0 saturated carbocycles. The van der Waals surface area contributed by atoms with Crippen LogP contribution in [0.3, 0.4) is 0 Å². The fourth-order valence-corrected chi connectivity index (χ4v) is 1.21. The largest absolute Gasteiger partial charge is 0.478 e. The van der Waals surface area contributed by atoms with Gasteiger partial charge in [-0.3, -0.25) is 0 Å². The minimum absolute atomic E-state index is 0.325. The molecule has 1 aliphatic rings.